The Bertz CT molecular complexity index is 551. The number of carbonyl (C=O) groups is 2. The van der Waals surface area contributed by atoms with Gasteiger partial charge in [0.1, 0.15) is 0 Å². The molecule has 1 N–H and O–H groups in total. The van der Waals surface area contributed by atoms with E-state index in [1.165, 1.54) is 12.0 Å². The number of carbonyl (C=O) groups excluding carboxylic acids is 2. The zero-order valence-corrected chi connectivity index (χ0v) is 14.4. The van der Waals surface area contributed by atoms with Crippen LogP contribution in [0.4, 0.5) is 0 Å². The van der Waals surface area contributed by atoms with Gasteiger partial charge in [-0.25, -0.2) is 0 Å². The third kappa shape index (κ3) is 4.79. The number of benzene rings is 1. The van der Waals surface area contributed by atoms with Gasteiger partial charge in [0.05, 0.1) is 19.6 Å². The summed E-state index contributed by atoms with van der Waals surface area (Å²) in [5.41, 5.74) is 1.77. The Hall–Kier alpha value is -1.92. The van der Waals surface area contributed by atoms with Crippen LogP contribution >= 0.6 is 0 Å². The van der Waals surface area contributed by atoms with Crippen molar-refractivity contribution < 1.29 is 19.4 Å². The maximum Gasteiger partial charge on any atom is 0.308 e. The molecule has 6 nitrogen and oxygen atoms in total. The van der Waals surface area contributed by atoms with E-state index in [4.69, 9.17) is 9.84 Å². The van der Waals surface area contributed by atoms with Gasteiger partial charge in [0, 0.05) is 25.7 Å². The Balaban J connectivity index is 1.86. The first-order valence-electron chi connectivity index (χ1n) is 8.30. The molecule has 1 aliphatic rings. The quantitative estimate of drug-likeness (QED) is 0.790. The second kappa shape index (κ2) is 8.80. The molecule has 6 heteroatoms. The molecule has 1 aromatic carbocycles. The smallest absolute Gasteiger partial charge is 0.308 e. The summed E-state index contributed by atoms with van der Waals surface area (Å²) in [5.74, 6) is -0.174. The van der Waals surface area contributed by atoms with Gasteiger partial charge in [-0.2, -0.15) is 0 Å². The number of hydrogen-bond acceptors (Lipinski definition) is 5. The highest BCUT2D eigenvalue weighted by Crippen LogP contribution is 2.20. The van der Waals surface area contributed by atoms with E-state index >= 15 is 0 Å². The molecule has 24 heavy (non-hydrogen) atoms. The number of aliphatic hydroxyl groups is 1. The standard InChI is InChI=1S/C18H26N2O4/c1-19(11-12-21)17(22)15-5-3-14(4-6-15)13-20-9-7-16(8-10-20)18(23)24-2/h3-6,16,21H,7-13H2,1-2H3. The van der Waals surface area contributed by atoms with Gasteiger partial charge in [-0.3, -0.25) is 14.5 Å². The first-order valence-corrected chi connectivity index (χ1v) is 8.30. The molecule has 0 unspecified atom stereocenters. The summed E-state index contributed by atoms with van der Waals surface area (Å²) in [6.45, 7) is 2.85. The average Bonchev–Trinajstić information content (AvgIpc) is 2.62. The Morgan fingerprint density at radius 2 is 1.88 bits per heavy atom. The summed E-state index contributed by atoms with van der Waals surface area (Å²) < 4.78 is 4.81. The van der Waals surface area contributed by atoms with Crippen LogP contribution in [0.5, 0.6) is 0 Å². The van der Waals surface area contributed by atoms with E-state index in [0.717, 1.165) is 38.0 Å². The van der Waals surface area contributed by atoms with Crippen molar-refractivity contribution in [2.75, 3.05) is 40.4 Å². The molecule has 0 saturated carbocycles. The molecule has 2 rings (SSSR count). The van der Waals surface area contributed by atoms with Gasteiger partial charge in [0.25, 0.3) is 5.91 Å². The zero-order valence-electron chi connectivity index (χ0n) is 14.4. The van der Waals surface area contributed by atoms with E-state index in [1.807, 2.05) is 24.3 Å². The minimum absolute atomic E-state index is 0.0216. The van der Waals surface area contributed by atoms with Crippen LogP contribution in [0.1, 0.15) is 28.8 Å². The number of aliphatic hydroxyl groups excluding tert-OH is 1. The second-order valence-corrected chi connectivity index (χ2v) is 6.22. The van der Waals surface area contributed by atoms with E-state index in [2.05, 4.69) is 4.90 Å². The monoisotopic (exact) mass is 334 g/mol. The van der Waals surface area contributed by atoms with Crippen molar-refractivity contribution in [1.82, 2.24) is 9.80 Å². The lowest BCUT2D eigenvalue weighted by atomic mass is 9.96. The molecule has 1 heterocycles. The molecule has 1 fully saturated rings. The molecule has 0 aliphatic carbocycles. The van der Waals surface area contributed by atoms with Gasteiger partial charge in [0.15, 0.2) is 0 Å². The molecule has 0 atom stereocenters. The molecule has 1 amide bonds. The number of esters is 1. The van der Waals surface area contributed by atoms with Crippen LogP contribution in [0.15, 0.2) is 24.3 Å². The number of rotatable bonds is 6. The minimum Gasteiger partial charge on any atom is -0.469 e. The molecular weight excluding hydrogens is 308 g/mol. The summed E-state index contributed by atoms with van der Waals surface area (Å²) in [6, 6.07) is 7.58. The Labute approximate surface area is 143 Å². The van der Waals surface area contributed by atoms with Crippen LogP contribution in [0, 0.1) is 5.92 Å². The van der Waals surface area contributed by atoms with Crippen LogP contribution < -0.4 is 0 Å². The maximum absolute atomic E-state index is 12.1. The highest BCUT2D eigenvalue weighted by atomic mass is 16.5. The Morgan fingerprint density at radius 3 is 2.42 bits per heavy atom. The van der Waals surface area contributed by atoms with Gasteiger partial charge < -0.3 is 14.7 Å². The SMILES string of the molecule is COC(=O)C1CCN(Cc2ccc(C(=O)N(C)CCO)cc2)CC1. The summed E-state index contributed by atoms with van der Waals surface area (Å²) >= 11 is 0. The van der Waals surface area contributed by atoms with E-state index in [-0.39, 0.29) is 24.4 Å². The number of piperidine rings is 1. The fraction of sp³-hybridized carbons (Fsp3) is 0.556. The number of hydrogen-bond donors (Lipinski definition) is 1. The lowest BCUT2D eigenvalue weighted by molar-refractivity contribution is -0.147. The normalized spacial score (nSPS) is 16.0. The number of methoxy groups -OCH3 is 1. The largest absolute Gasteiger partial charge is 0.469 e. The van der Waals surface area contributed by atoms with Crippen molar-refractivity contribution in [3.05, 3.63) is 35.4 Å². The molecule has 0 spiro atoms. The predicted octanol–water partition coefficient (Wildman–Crippen LogP) is 1.14. The number of nitrogens with zero attached hydrogens (tertiary/aromatic N) is 2. The number of amides is 1. The third-order valence-corrected chi connectivity index (χ3v) is 4.51. The molecule has 132 valence electrons. The van der Waals surface area contributed by atoms with E-state index in [0.29, 0.717) is 12.1 Å². The maximum atomic E-state index is 12.1. The molecule has 0 aromatic heterocycles. The second-order valence-electron chi connectivity index (χ2n) is 6.22. The zero-order chi connectivity index (χ0) is 17.5. The van der Waals surface area contributed by atoms with Crippen molar-refractivity contribution in [1.29, 1.82) is 0 Å². The Kier molecular flexibility index (Phi) is 6.75. The molecular formula is C18H26N2O4. The lowest BCUT2D eigenvalue weighted by Crippen LogP contribution is -2.36. The summed E-state index contributed by atoms with van der Waals surface area (Å²) in [5, 5.41) is 8.90. The first kappa shape index (κ1) is 18.4. The van der Waals surface area contributed by atoms with Crippen molar-refractivity contribution in [2.24, 2.45) is 5.92 Å². The topological polar surface area (TPSA) is 70.1 Å². The minimum atomic E-state index is -0.107. The molecule has 1 aliphatic heterocycles. The average molecular weight is 334 g/mol. The summed E-state index contributed by atoms with van der Waals surface area (Å²) in [4.78, 5) is 27.5. The van der Waals surface area contributed by atoms with Crippen molar-refractivity contribution in [2.45, 2.75) is 19.4 Å². The fourth-order valence-electron chi connectivity index (χ4n) is 2.98. The van der Waals surface area contributed by atoms with E-state index in [1.54, 1.807) is 7.05 Å². The highest BCUT2D eigenvalue weighted by Gasteiger charge is 2.25. The lowest BCUT2D eigenvalue weighted by Gasteiger charge is -2.30. The van der Waals surface area contributed by atoms with Crippen LogP contribution in [0.2, 0.25) is 0 Å². The highest BCUT2D eigenvalue weighted by molar-refractivity contribution is 5.94. The van der Waals surface area contributed by atoms with Crippen molar-refractivity contribution >= 4 is 11.9 Å². The number of ether oxygens (including phenoxy) is 1. The molecule has 0 radical (unpaired) electrons. The van der Waals surface area contributed by atoms with Gasteiger partial charge in [0.2, 0.25) is 0 Å². The van der Waals surface area contributed by atoms with E-state index < -0.39 is 0 Å². The van der Waals surface area contributed by atoms with Gasteiger partial charge in [-0.15, -0.1) is 0 Å². The number of likely N-dealkylation sites (tertiary alicyclic amines) is 1. The molecule has 1 saturated heterocycles. The summed E-state index contributed by atoms with van der Waals surface area (Å²) in [6.07, 6.45) is 1.66. The van der Waals surface area contributed by atoms with Crippen LogP contribution in [0.25, 0.3) is 0 Å². The van der Waals surface area contributed by atoms with Gasteiger partial charge in [-0.1, -0.05) is 12.1 Å². The summed E-state index contributed by atoms with van der Waals surface area (Å²) in [7, 11) is 3.12. The van der Waals surface area contributed by atoms with Crippen molar-refractivity contribution in [3.8, 4) is 0 Å². The van der Waals surface area contributed by atoms with Crippen molar-refractivity contribution in [3.63, 3.8) is 0 Å². The molecule has 0 bridgehead atoms. The third-order valence-electron chi connectivity index (χ3n) is 4.51. The first-order chi connectivity index (χ1) is 11.5. The fourth-order valence-corrected chi connectivity index (χ4v) is 2.98. The van der Waals surface area contributed by atoms with E-state index in [9.17, 15) is 9.59 Å². The van der Waals surface area contributed by atoms with Crippen LogP contribution in [0.3, 0.4) is 0 Å². The van der Waals surface area contributed by atoms with Gasteiger partial charge >= 0.3 is 5.97 Å². The predicted molar refractivity (Wildman–Crippen MR) is 90.5 cm³/mol. The van der Waals surface area contributed by atoms with Crippen LogP contribution in [-0.2, 0) is 16.1 Å². The van der Waals surface area contributed by atoms with Gasteiger partial charge in [-0.05, 0) is 43.6 Å². The van der Waals surface area contributed by atoms with Crippen LogP contribution in [-0.4, -0.2) is 67.2 Å². The Morgan fingerprint density at radius 1 is 1.25 bits per heavy atom. The number of likely N-dealkylation sites (N-methyl/N-ethyl adjacent to an activating group) is 1. The molecule has 1 aromatic rings.